The molecule has 0 rings (SSSR count). The summed E-state index contributed by atoms with van der Waals surface area (Å²) < 4.78 is 31.1. The minimum atomic E-state index is -4.50. The molecule has 0 fully saturated rings. The summed E-state index contributed by atoms with van der Waals surface area (Å²) in [5, 5.41) is 9.48. The molecule has 0 aliphatic rings. The van der Waals surface area contributed by atoms with Crippen molar-refractivity contribution < 1.29 is 27.5 Å². The fourth-order valence-corrected chi connectivity index (χ4v) is 3.20. The molecule has 0 spiro atoms. The molecular weight excluding hydrogens is 362 g/mol. The van der Waals surface area contributed by atoms with Crippen LogP contribution in [0, 0.1) is 16.7 Å². The molecule has 1 unspecified atom stereocenters. The minimum absolute atomic E-state index is 0.0405. The zero-order chi connectivity index (χ0) is 20.7. The number of esters is 1. The van der Waals surface area contributed by atoms with Gasteiger partial charge in [-0.25, -0.2) is 17.9 Å². The van der Waals surface area contributed by atoms with E-state index in [0.29, 0.717) is 0 Å². The van der Waals surface area contributed by atoms with E-state index < -0.39 is 44.2 Å². The molecule has 142 valence electrons. The summed E-state index contributed by atoms with van der Waals surface area (Å²) in [6.07, 6.45) is 0.720. The third-order valence-corrected chi connectivity index (χ3v) is 4.92. The molecule has 0 radical (unpaired) electrons. The predicted molar refractivity (Wildman–Crippen MR) is 93.5 cm³/mol. The average Bonchev–Trinajstić information content (AvgIpc) is 2.57. The van der Waals surface area contributed by atoms with E-state index in [2.05, 4.69) is 29.8 Å². The number of carbonyl (C=O) groups is 3. The second-order valence-corrected chi connectivity index (χ2v) is 7.35. The first-order chi connectivity index (χ1) is 11.8. The van der Waals surface area contributed by atoms with E-state index in [-0.39, 0.29) is 12.2 Å². The summed E-state index contributed by atoms with van der Waals surface area (Å²) in [5.74, 6) is -2.99. The lowest BCUT2D eigenvalue weighted by Crippen LogP contribution is -2.54. The highest BCUT2D eigenvalue weighted by Gasteiger charge is 2.42. The van der Waals surface area contributed by atoms with Crippen molar-refractivity contribution in [1.29, 1.82) is 5.26 Å². The average molecular weight is 383 g/mol. The number of hydrogen-bond acceptors (Lipinski definition) is 7. The largest absolute Gasteiger partial charge is 0.462 e. The van der Waals surface area contributed by atoms with Crippen LogP contribution >= 0.6 is 0 Å². The van der Waals surface area contributed by atoms with Crippen molar-refractivity contribution in [3.05, 3.63) is 37.0 Å². The van der Waals surface area contributed by atoms with Gasteiger partial charge in [-0.1, -0.05) is 19.7 Å². The van der Waals surface area contributed by atoms with Crippen molar-refractivity contribution in [2.45, 2.75) is 26.1 Å². The second-order valence-electron chi connectivity index (χ2n) is 5.58. The van der Waals surface area contributed by atoms with Gasteiger partial charge in [0.1, 0.15) is 0 Å². The van der Waals surface area contributed by atoms with Gasteiger partial charge in [0.2, 0.25) is 0 Å². The molecule has 0 saturated heterocycles. The fourth-order valence-electron chi connectivity index (χ4n) is 1.63. The molecule has 0 bridgehead atoms. The van der Waals surface area contributed by atoms with Gasteiger partial charge in [-0.05, 0) is 26.8 Å². The monoisotopic (exact) mass is 383 g/mol. The number of sulfonamides is 1. The smallest absolute Gasteiger partial charge is 0.338 e. The Balaban J connectivity index is 5.69. The lowest BCUT2D eigenvalue weighted by atomic mass is 9.95. The van der Waals surface area contributed by atoms with Gasteiger partial charge in [0.25, 0.3) is 21.8 Å². The van der Waals surface area contributed by atoms with Crippen LogP contribution in [0.5, 0.6) is 0 Å². The maximum Gasteiger partial charge on any atom is 0.338 e. The molecule has 1 atom stereocenters. The molecule has 26 heavy (non-hydrogen) atoms. The maximum absolute atomic E-state index is 12.4. The van der Waals surface area contributed by atoms with Crippen LogP contribution in [-0.4, -0.2) is 38.2 Å². The van der Waals surface area contributed by atoms with Crippen LogP contribution in [0.4, 0.5) is 0 Å². The van der Waals surface area contributed by atoms with Gasteiger partial charge in [0.15, 0.2) is 5.37 Å². The van der Waals surface area contributed by atoms with Gasteiger partial charge in [-0.15, -0.1) is 0 Å². The van der Waals surface area contributed by atoms with Crippen LogP contribution in [0.2, 0.25) is 0 Å². The highest BCUT2D eigenvalue weighted by molar-refractivity contribution is 7.90. The van der Waals surface area contributed by atoms with Crippen LogP contribution in [0.15, 0.2) is 37.0 Å². The first-order valence-corrected chi connectivity index (χ1v) is 8.84. The van der Waals surface area contributed by atoms with E-state index in [1.807, 2.05) is 0 Å². The molecule has 0 aliphatic carbocycles. The number of hydrogen-bond donors (Lipinski definition) is 2. The Morgan fingerprint density at radius 1 is 1.27 bits per heavy atom. The number of carbonyl (C=O) groups excluding carboxylic acids is 3. The van der Waals surface area contributed by atoms with Crippen LogP contribution in [0.1, 0.15) is 20.8 Å². The molecule has 10 heteroatoms. The molecule has 0 saturated carbocycles. The lowest BCUT2D eigenvalue weighted by molar-refractivity contribution is -0.138. The van der Waals surface area contributed by atoms with Gasteiger partial charge in [0.05, 0.1) is 23.7 Å². The number of ether oxygens (including phenoxy) is 1. The molecule has 9 nitrogen and oxygen atoms in total. The number of nitriles is 1. The van der Waals surface area contributed by atoms with Gasteiger partial charge in [-0.2, -0.15) is 5.26 Å². The summed E-state index contributed by atoms with van der Waals surface area (Å²) >= 11 is 0. The Hall–Kier alpha value is -2.93. The molecular formula is C16H21N3O6S. The van der Waals surface area contributed by atoms with Gasteiger partial charge < -0.3 is 10.1 Å². The third kappa shape index (κ3) is 5.86. The minimum Gasteiger partial charge on any atom is -0.462 e. The van der Waals surface area contributed by atoms with E-state index in [4.69, 9.17) is 0 Å². The molecule has 0 aromatic carbocycles. The highest BCUT2D eigenvalue weighted by Crippen LogP contribution is 2.24. The normalized spacial score (nSPS) is 12.1. The Bertz CT molecular complexity index is 789. The molecule has 0 aromatic rings. The summed E-state index contributed by atoms with van der Waals surface area (Å²) in [6.45, 7) is 14.0. The van der Waals surface area contributed by atoms with Crippen LogP contribution in [0.25, 0.3) is 0 Å². The van der Waals surface area contributed by atoms with Crippen LogP contribution in [0.3, 0.4) is 0 Å². The van der Waals surface area contributed by atoms with Crippen molar-refractivity contribution in [2.24, 2.45) is 5.41 Å². The highest BCUT2D eigenvalue weighted by atomic mass is 32.2. The summed E-state index contributed by atoms with van der Waals surface area (Å²) in [6, 6.07) is 1.74. The quantitative estimate of drug-likeness (QED) is 0.331. The SMILES string of the molecule is C=CC(=O)NS(=O)(=O)C(NC(=O)C(=C)C(=C)C(=O)OCC)C(C)(C)C#N. The Morgan fingerprint density at radius 2 is 1.81 bits per heavy atom. The number of nitrogens with one attached hydrogen (secondary N) is 2. The maximum atomic E-state index is 12.4. The lowest BCUT2D eigenvalue weighted by Gasteiger charge is -2.28. The van der Waals surface area contributed by atoms with E-state index in [1.54, 1.807) is 17.7 Å². The van der Waals surface area contributed by atoms with E-state index in [1.165, 1.54) is 13.8 Å². The first kappa shape index (κ1) is 23.1. The molecule has 0 aliphatic heterocycles. The van der Waals surface area contributed by atoms with E-state index >= 15 is 0 Å². The Kier molecular flexibility index (Phi) is 7.95. The number of nitrogens with zero attached hydrogens (tertiary/aromatic N) is 1. The van der Waals surface area contributed by atoms with Crippen molar-refractivity contribution >= 4 is 27.8 Å². The Morgan fingerprint density at radius 3 is 2.23 bits per heavy atom. The molecule has 0 heterocycles. The van der Waals surface area contributed by atoms with E-state index in [0.717, 1.165) is 6.08 Å². The van der Waals surface area contributed by atoms with Crippen molar-refractivity contribution in [1.82, 2.24) is 10.0 Å². The summed E-state index contributed by atoms with van der Waals surface area (Å²) in [7, 11) is -4.50. The predicted octanol–water partition coefficient (Wildman–Crippen LogP) is 0.286. The summed E-state index contributed by atoms with van der Waals surface area (Å²) in [4.78, 5) is 35.2. The second kappa shape index (κ2) is 8.96. The third-order valence-electron chi connectivity index (χ3n) is 3.10. The number of amides is 2. The molecule has 2 amide bonds. The van der Waals surface area contributed by atoms with Gasteiger partial charge in [-0.3, -0.25) is 9.59 Å². The Labute approximate surface area is 152 Å². The molecule has 2 N–H and O–H groups in total. The fraction of sp³-hybridized carbons (Fsp3) is 0.375. The standard InChI is InChI=1S/C16H21N3O6S/c1-7-12(20)19-26(23,24)15(16(5,6)9-17)18-13(21)10(3)11(4)14(22)25-8-2/h7,15H,1,3-4,8H2,2,5-6H3,(H,18,21)(H,19,20). The zero-order valence-electron chi connectivity index (χ0n) is 14.8. The van der Waals surface area contributed by atoms with E-state index in [9.17, 15) is 28.1 Å². The van der Waals surface area contributed by atoms with Gasteiger partial charge >= 0.3 is 5.97 Å². The molecule has 0 aromatic heterocycles. The topological polar surface area (TPSA) is 142 Å². The zero-order valence-corrected chi connectivity index (χ0v) is 15.6. The van der Waals surface area contributed by atoms with Crippen LogP contribution < -0.4 is 10.0 Å². The number of rotatable bonds is 9. The van der Waals surface area contributed by atoms with Crippen LogP contribution in [-0.2, 0) is 29.1 Å². The summed E-state index contributed by atoms with van der Waals surface area (Å²) in [5.41, 5.74) is -2.44. The van der Waals surface area contributed by atoms with Crippen molar-refractivity contribution in [3.8, 4) is 6.07 Å². The van der Waals surface area contributed by atoms with Gasteiger partial charge in [0, 0.05) is 5.57 Å². The first-order valence-electron chi connectivity index (χ1n) is 7.29. The van der Waals surface area contributed by atoms with Crippen molar-refractivity contribution in [2.75, 3.05) is 6.61 Å². The van der Waals surface area contributed by atoms with Crippen molar-refractivity contribution in [3.63, 3.8) is 0 Å².